The molecular weight excluding hydrogens is 132 g/mol. The monoisotopic (exact) mass is 140 g/mol. The zero-order valence-electron chi connectivity index (χ0n) is 5.57. The first-order valence-electron chi connectivity index (χ1n) is 3.17. The predicted molar refractivity (Wildman–Crippen MR) is 33.3 cm³/mol. The van der Waals surface area contributed by atoms with E-state index in [0.717, 1.165) is 5.76 Å². The van der Waals surface area contributed by atoms with E-state index < -0.39 is 6.29 Å². The third-order valence-electron chi connectivity index (χ3n) is 1.51. The van der Waals surface area contributed by atoms with Crippen LogP contribution in [0.5, 0.6) is 0 Å². The second kappa shape index (κ2) is 1.84. The van der Waals surface area contributed by atoms with E-state index in [9.17, 15) is 0 Å². The van der Waals surface area contributed by atoms with Gasteiger partial charge in [-0.3, -0.25) is 0 Å². The number of hydrogen-bond acceptors (Lipinski definition) is 3. The number of rotatable bonds is 1. The van der Waals surface area contributed by atoms with Crippen molar-refractivity contribution in [3.05, 3.63) is 23.7 Å². The highest BCUT2D eigenvalue weighted by atomic mass is 16.7. The van der Waals surface area contributed by atoms with Gasteiger partial charge < -0.3 is 14.3 Å². The fraction of sp³-hybridized carbons (Fsp3) is 0.429. The van der Waals surface area contributed by atoms with Crippen molar-refractivity contribution in [2.24, 2.45) is 0 Å². The molecule has 0 aliphatic carbocycles. The quantitative estimate of drug-likeness (QED) is 0.591. The van der Waals surface area contributed by atoms with Crippen molar-refractivity contribution in [1.82, 2.24) is 0 Å². The van der Waals surface area contributed by atoms with Crippen molar-refractivity contribution >= 4 is 0 Å². The molecule has 1 aromatic heterocycles. The predicted octanol–water partition coefficient (Wildman–Crippen LogP) is 0.978. The summed E-state index contributed by atoms with van der Waals surface area (Å²) in [4.78, 5) is 0. The van der Waals surface area contributed by atoms with Gasteiger partial charge in [0.2, 0.25) is 0 Å². The number of ether oxygens (including phenoxy) is 1. The Kier molecular flexibility index (Phi) is 1.09. The van der Waals surface area contributed by atoms with Crippen LogP contribution in [0.4, 0.5) is 0 Å². The molecule has 54 valence electrons. The molecule has 1 fully saturated rings. The van der Waals surface area contributed by atoms with Crippen molar-refractivity contribution in [2.45, 2.75) is 19.3 Å². The minimum Gasteiger partial charge on any atom is -0.463 e. The molecule has 1 aliphatic rings. The highest BCUT2D eigenvalue weighted by molar-refractivity contribution is 5.11. The summed E-state index contributed by atoms with van der Waals surface area (Å²) in [6.07, 6.45) is -0.862. The lowest BCUT2D eigenvalue weighted by Gasteiger charge is -1.83. The van der Waals surface area contributed by atoms with Gasteiger partial charge in [-0.25, -0.2) is 0 Å². The number of hydrogen-bond donors (Lipinski definition) is 1. The first-order valence-corrected chi connectivity index (χ1v) is 3.17. The molecule has 0 saturated carbocycles. The van der Waals surface area contributed by atoms with E-state index in [1.54, 1.807) is 0 Å². The SMILES string of the molecule is Cc1ccc(C2OC2O)o1. The van der Waals surface area contributed by atoms with Gasteiger partial charge in [0, 0.05) is 0 Å². The van der Waals surface area contributed by atoms with E-state index in [0.29, 0.717) is 5.76 Å². The van der Waals surface area contributed by atoms with Crippen molar-refractivity contribution in [3.8, 4) is 0 Å². The molecule has 2 unspecified atom stereocenters. The fourth-order valence-electron chi connectivity index (χ4n) is 0.919. The Bertz CT molecular complexity index is 241. The van der Waals surface area contributed by atoms with Crippen molar-refractivity contribution in [1.29, 1.82) is 0 Å². The lowest BCUT2D eigenvalue weighted by atomic mass is 10.3. The minimum atomic E-state index is -0.648. The van der Waals surface area contributed by atoms with Crippen LogP contribution in [-0.2, 0) is 4.74 Å². The van der Waals surface area contributed by atoms with E-state index in [4.69, 9.17) is 14.3 Å². The molecule has 3 heteroatoms. The second-order valence-electron chi connectivity index (χ2n) is 2.40. The lowest BCUT2D eigenvalue weighted by Crippen LogP contribution is -1.81. The Labute approximate surface area is 58.2 Å². The summed E-state index contributed by atoms with van der Waals surface area (Å²) in [5.74, 6) is 1.56. The summed E-state index contributed by atoms with van der Waals surface area (Å²) in [6, 6.07) is 3.67. The van der Waals surface area contributed by atoms with Crippen molar-refractivity contribution in [2.75, 3.05) is 0 Å². The van der Waals surface area contributed by atoms with Crippen LogP contribution in [0, 0.1) is 6.92 Å². The molecule has 0 bridgehead atoms. The fourth-order valence-corrected chi connectivity index (χ4v) is 0.919. The minimum absolute atomic E-state index is 0.214. The molecule has 1 aliphatic heterocycles. The number of aliphatic hydroxyl groups excluding tert-OH is 1. The van der Waals surface area contributed by atoms with Gasteiger partial charge in [0.05, 0.1) is 0 Å². The van der Waals surface area contributed by atoms with Crippen LogP contribution in [0.25, 0.3) is 0 Å². The van der Waals surface area contributed by atoms with Gasteiger partial charge >= 0.3 is 0 Å². The zero-order chi connectivity index (χ0) is 7.14. The number of epoxide rings is 1. The molecule has 0 aromatic carbocycles. The van der Waals surface area contributed by atoms with Crippen molar-refractivity contribution in [3.63, 3.8) is 0 Å². The molecule has 1 saturated heterocycles. The maximum Gasteiger partial charge on any atom is 0.189 e. The van der Waals surface area contributed by atoms with Gasteiger partial charge in [0.15, 0.2) is 12.4 Å². The molecule has 2 heterocycles. The normalized spacial score (nSPS) is 30.6. The average molecular weight is 140 g/mol. The highest BCUT2D eigenvalue weighted by Crippen LogP contribution is 2.37. The third-order valence-corrected chi connectivity index (χ3v) is 1.51. The van der Waals surface area contributed by atoms with Crippen LogP contribution in [0.2, 0.25) is 0 Å². The lowest BCUT2D eigenvalue weighted by molar-refractivity contribution is 0.156. The molecule has 0 spiro atoms. The summed E-state index contributed by atoms with van der Waals surface area (Å²) in [5.41, 5.74) is 0. The Morgan fingerprint density at radius 1 is 1.50 bits per heavy atom. The number of aliphatic hydroxyl groups is 1. The van der Waals surface area contributed by atoms with E-state index in [1.165, 1.54) is 0 Å². The first kappa shape index (κ1) is 5.95. The Hall–Kier alpha value is -0.800. The van der Waals surface area contributed by atoms with Crippen LogP contribution < -0.4 is 0 Å². The largest absolute Gasteiger partial charge is 0.463 e. The van der Waals surface area contributed by atoms with E-state index in [-0.39, 0.29) is 6.10 Å². The van der Waals surface area contributed by atoms with Crippen molar-refractivity contribution < 1.29 is 14.3 Å². The van der Waals surface area contributed by atoms with Gasteiger partial charge in [-0.15, -0.1) is 0 Å². The van der Waals surface area contributed by atoms with Crippen LogP contribution in [0.15, 0.2) is 16.5 Å². The summed E-state index contributed by atoms with van der Waals surface area (Å²) < 4.78 is 9.97. The van der Waals surface area contributed by atoms with Gasteiger partial charge in [-0.2, -0.15) is 0 Å². The molecule has 2 atom stereocenters. The molecule has 3 nitrogen and oxygen atoms in total. The first-order chi connectivity index (χ1) is 4.77. The molecule has 2 rings (SSSR count). The Morgan fingerprint density at radius 2 is 2.20 bits per heavy atom. The van der Waals surface area contributed by atoms with E-state index in [2.05, 4.69) is 0 Å². The standard InChI is InChI=1S/C7H8O3/c1-4-2-3-5(9-4)6-7(8)10-6/h2-3,6-8H,1H3. The highest BCUT2D eigenvalue weighted by Gasteiger charge is 2.40. The maximum atomic E-state index is 8.81. The molecule has 0 radical (unpaired) electrons. The molecule has 1 N–H and O–H groups in total. The van der Waals surface area contributed by atoms with E-state index >= 15 is 0 Å². The maximum absolute atomic E-state index is 8.81. The van der Waals surface area contributed by atoms with Gasteiger partial charge in [0.25, 0.3) is 0 Å². The van der Waals surface area contributed by atoms with Crippen LogP contribution >= 0.6 is 0 Å². The summed E-state index contributed by atoms with van der Waals surface area (Å²) in [5, 5.41) is 8.81. The summed E-state index contributed by atoms with van der Waals surface area (Å²) in [7, 11) is 0. The Balaban J connectivity index is 2.20. The Morgan fingerprint density at radius 3 is 2.60 bits per heavy atom. The summed E-state index contributed by atoms with van der Waals surface area (Å²) in [6.45, 7) is 1.86. The second-order valence-corrected chi connectivity index (χ2v) is 2.40. The molecular formula is C7H8O3. The average Bonchev–Trinajstić information content (AvgIpc) is 2.42. The summed E-state index contributed by atoms with van der Waals surface area (Å²) >= 11 is 0. The third kappa shape index (κ3) is 0.836. The van der Waals surface area contributed by atoms with E-state index in [1.807, 2.05) is 19.1 Å². The van der Waals surface area contributed by atoms with Gasteiger partial charge in [0.1, 0.15) is 11.5 Å². The molecule has 0 amide bonds. The van der Waals surface area contributed by atoms with Crippen LogP contribution in [0.1, 0.15) is 17.6 Å². The molecule has 1 aromatic rings. The zero-order valence-corrected chi connectivity index (χ0v) is 5.57. The smallest absolute Gasteiger partial charge is 0.189 e. The van der Waals surface area contributed by atoms with Crippen LogP contribution in [-0.4, -0.2) is 11.4 Å². The topological polar surface area (TPSA) is 45.9 Å². The molecule has 10 heavy (non-hydrogen) atoms. The van der Waals surface area contributed by atoms with Crippen LogP contribution in [0.3, 0.4) is 0 Å². The van der Waals surface area contributed by atoms with Gasteiger partial charge in [-0.1, -0.05) is 0 Å². The van der Waals surface area contributed by atoms with Gasteiger partial charge in [-0.05, 0) is 19.1 Å². The number of aryl methyl sites for hydroxylation is 1. The number of furan rings is 1.